The minimum absolute atomic E-state index is 0.0941. The number of terminal acetylenes is 1. The minimum atomic E-state index is -0.320. The normalized spacial score (nSPS) is 11.5. The van der Waals surface area contributed by atoms with E-state index in [2.05, 4.69) is 11.2 Å². The van der Waals surface area contributed by atoms with Gasteiger partial charge in [0, 0.05) is 5.56 Å². The maximum atomic E-state index is 11.6. The Morgan fingerprint density at radius 1 is 1.67 bits per heavy atom. The number of halogens is 1. The summed E-state index contributed by atoms with van der Waals surface area (Å²) in [6.45, 7) is 1.71. The van der Waals surface area contributed by atoms with Crippen molar-refractivity contribution in [1.82, 2.24) is 5.32 Å². The lowest BCUT2D eigenvalue weighted by atomic mass is 10.2. The summed E-state index contributed by atoms with van der Waals surface area (Å²) in [5, 5.41) is 12.0. The Kier molecular flexibility index (Phi) is 3.97. The molecule has 0 radical (unpaired) electrons. The molecule has 1 atom stereocenters. The molecule has 1 amide bonds. The monoisotopic (exact) mass is 315 g/mol. The van der Waals surface area contributed by atoms with Gasteiger partial charge in [0.05, 0.1) is 9.61 Å². The summed E-state index contributed by atoms with van der Waals surface area (Å²) in [4.78, 5) is 11.6. The zero-order chi connectivity index (χ0) is 11.4. The molecule has 0 aromatic heterocycles. The minimum Gasteiger partial charge on any atom is -0.507 e. The second-order valence-electron chi connectivity index (χ2n) is 3.03. The number of amides is 1. The van der Waals surface area contributed by atoms with E-state index in [1.165, 1.54) is 6.07 Å². The van der Waals surface area contributed by atoms with Crippen LogP contribution >= 0.6 is 22.6 Å². The lowest BCUT2D eigenvalue weighted by Crippen LogP contribution is -2.31. The van der Waals surface area contributed by atoms with Crippen LogP contribution in [0, 0.1) is 15.9 Å². The molecule has 0 heterocycles. The maximum Gasteiger partial charge on any atom is 0.252 e. The molecular weight excluding hydrogens is 305 g/mol. The van der Waals surface area contributed by atoms with Crippen LogP contribution < -0.4 is 5.32 Å². The zero-order valence-corrected chi connectivity index (χ0v) is 10.3. The van der Waals surface area contributed by atoms with Crippen molar-refractivity contribution in [3.05, 3.63) is 27.3 Å². The van der Waals surface area contributed by atoms with Crippen LogP contribution in [0.1, 0.15) is 17.3 Å². The number of nitrogens with one attached hydrogen (secondary N) is 1. The first-order chi connectivity index (χ1) is 7.04. The highest BCUT2D eigenvalue weighted by Crippen LogP contribution is 2.20. The van der Waals surface area contributed by atoms with Crippen LogP contribution in [-0.2, 0) is 0 Å². The number of rotatable bonds is 2. The molecule has 78 valence electrons. The Hall–Kier alpha value is -1.22. The van der Waals surface area contributed by atoms with Crippen molar-refractivity contribution in [3.8, 4) is 18.1 Å². The molecule has 3 nitrogen and oxygen atoms in total. The Labute approximate surface area is 102 Å². The van der Waals surface area contributed by atoms with E-state index < -0.39 is 0 Å². The molecule has 0 bridgehead atoms. The van der Waals surface area contributed by atoms with Crippen LogP contribution in [0.15, 0.2) is 18.2 Å². The maximum absolute atomic E-state index is 11.6. The molecule has 0 aliphatic carbocycles. The predicted molar refractivity (Wildman–Crippen MR) is 66.6 cm³/mol. The number of carbonyl (C=O) groups is 1. The fourth-order valence-electron chi connectivity index (χ4n) is 0.976. The van der Waals surface area contributed by atoms with Gasteiger partial charge in [-0.1, -0.05) is 5.92 Å². The van der Waals surface area contributed by atoms with Gasteiger partial charge in [0.1, 0.15) is 5.75 Å². The third-order valence-electron chi connectivity index (χ3n) is 1.81. The van der Waals surface area contributed by atoms with E-state index in [9.17, 15) is 9.90 Å². The third-order valence-corrected chi connectivity index (χ3v) is 2.72. The van der Waals surface area contributed by atoms with Crippen molar-refractivity contribution in [2.45, 2.75) is 13.0 Å². The summed E-state index contributed by atoms with van der Waals surface area (Å²) in [7, 11) is 0. The Morgan fingerprint density at radius 2 is 2.33 bits per heavy atom. The molecule has 1 aromatic carbocycles. The largest absolute Gasteiger partial charge is 0.507 e. The molecule has 15 heavy (non-hydrogen) atoms. The SMILES string of the molecule is C#CC(C)NC(=O)c1ccc(I)c(O)c1. The van der Waals surface area contributed by atoms with Gasteiger partial charge in [0.25, 0.3) is 5.91 Å². The van der Waals surface area contributed by atoms with Crippen molar-refractivity contribution in [1.29, 1.82) is 0 Å². The molecule has 0 saturated carbocycles. The molecule has 4 heteroatoms. The molecule has 1 unspecified atom stereocenters. The second-order valence-corrected chi connectivity index (χ2v) is 4.19. The van der Waals surface area contributed by atoms with Crippen LogP contribution in [0.4, 0.5) is 0 Å². The van der Waals surface area contributed by atoms with Crippen LogP contribution in [0.5, 0.6) is 5.75 Å². The first-order valence-electron chi connectivity index (χ1n) is 4.30. The van der Waals surface area contributed by atoms with Crippen molar-refractivity contribution < 1.29 is 9.90 Å². The van der Waals surface area contributed by atoms with Crippen molar-refractivity contribution in [2.24, 2.45) is 0 Å². The highest BCUT2D eigenvalue weighted by Gasteiger charge is 2.09. The lowest BCUT2D eigenvalue weighted by molar-refractivity contribution is 0.0947. The molecule has 0 aliphatic heterocycles. The summed E-state index contributed by atoms with van der Waals surface area (Å²) in [5.41, 5.74) is 0.398. The molecule has 0 aliphatic rings. The molecule has 0 spiro atoms. The smallest absolute Gasteiger partial charge is 0.252 e. The molecule has 0 saturated heterocycles. The van der Waals surface area contributed by atoms with E-state index in [1.807, 2.05) is 22.6 Å². The van der Waals surface area contributed by atoms with E-state index >= 15 is 0 Å². The van der Waals surface area contributed by atoms with Gasteiger partial charge in [-0.2, -0.15) is 0 Å². The molecular formula is C11H10INO2. The second kappa shape index (κ2) is 5.03. The van der Waals surface area contributed by atoms with E-state index in [0.717, 1.165) is 0 Å². The average Bonchev–Trinajstić information content (AvgIpc) is 2.21. The van der Waals surface area contributed by atoms with Crippen molar-refractivity contribution in [2.75, 3.05) is 0 Å². The first kappa shape index (κ1) is 11.9. The van der Waals surface area contributed by atoms with Gasteiger partial charge in [-0.15, -0.1) is 6.42 Å². The van der Waals surface area contributed by atoms with Gasteiger partial charge < -0.3 is 10.4 Å². The highest BCUT2D eigenvalue weighted by atomic mass is 127. The molecule has 1 rings (SSSR count). The molecule has 1 aromatic rings. The van der Waals surface area contributed by atoms with Gasteiger partial charge in [-0.05, 0) is 47.7 Å². The number of hydrogen-bond donors (Lipinski definition) is 2. The first-order valence-corrected chi connectivity index (χ1v) is 5.38. The summed E-state index contributed by atoms with van der Waals surface area (Å²) in [6, 6.07) is 4.41. The number of phenolic OH excluding ortho intramolecular Hbond substituents is 1. The van der Waals surface area contributed by atoms with Crippen LogP contribution in [0.2, 0.25) is 0 Å². The molecule has 0 fully saturated rings. The van der Waals surface area contributed by atoms with E-state index in [-0.39, 0.29) is 17.7 Å². The zero-order valence-electron chi connectivity index (χ0n) is 8.12. The van der Waals surface area contributed by atoms with Crippen molar-refractivity contribution in [3.63, 3.8) is 0 Å². The Morgan fingerprint density at radius 3 is 2.87 bits per heavy atom. The number of phenols is 1. The summed E-state index contributed by atoms with van der Waals surface area (Å²) in [6.07, 6.45) is 5.14. The summed E-state index contributed by atoms with van der Waals surface area (Å²) < 4.78 is 0.703. The fourth-order valence-corrected chi connectivity index (χ4v) is 1.31. The number of hydrogen-bond acceptors (Lipinski definition) is 2. The predicted octanol–water partition coefficient (Wildman–Crippen LogP) is 1.75. The van der Waals surface area contributed by atoms with E-state index in [4.69, 9.17) is 6.42 Å². The average molecular weight is 315 g/mol. The third kappa shape index (κ3) is 3.13. The highest BCUT2D eigenvalue weighted by molar-refractivity contribution is 14.1. The fraction of sp³-hybridized carbons (Fsp3) is 0.182. The standard InChI is InChI=1S/C11H10INO2/c1-3-7(2)13-11(15)8-4-5-9(12)10(14)6-8/h1,4-7,14H,2H3,(H,13,15). The van der Waals surface area contributed by atoms with Crippen LogP contribution in [-0.4, -0.2) is 17.1 Å². The van der Waals surface area contributed by atoms with E-state index in [1.54, 1.807) is 19.1 Å². The Bertz CT molecular complexity index is 423. The number of aromatic hydroxyl groups is 1. The van der Waals surface area contributed by atoms with Gasteiger partial charge in [0.2, 0.25) is 0 Å². The van der Waals surface area contributed by atoms with Crippen molar-refractivity contribution >= 4 is 28.5 Å². The Balaban J connectivity index is 2.84. The number of benzene rings is 1. The van der Waals surface area contributed by atoms with Gasteiger partial charge >= 0.3 is 0 Å². The van der Waals surface area contributed by atoms with E-state index in [0.29, 0.717) is 9.13 Å². The van der Waals surface area contributed by atoms with Gasteiger partial charge in [-0.25, -0.2) is 0 Å². The van der Waals surface area contributed by atoms with Gasteiger partial charge in [-0.3, -0.25) is 4.79 Å². The summed E-state index contributed by atoms with van der Waals surface area (Å²) >= 11 is 1.98. The van der Waals surface area contributed by atoms with Gasteiger partial charge in [0.15, 0.2) is 0 Å². The quantitative estimate of drug-likeness (QED) is 0.645. The van der Waals surface area contributed by atoms with Crippen LogP contribution in [0.3, 0.4) is 0 Å². The van der Waals surface area contributed by atoms with Crippen LogP contribution in [0.25, 0.3) is 0 Å². The lowest BCUT2D eigenvalue weighted by Gasteiger charge is -2.08. The topological polar surface area (TPSA) is 49.3 Å². The number of carbonyl (C=O) groups excluding carboxylic acids is 1. The summed E-state index contributed by atoms with van der Waals surface area (Å²) in [5.74, 6) is 2.20. The molecule has 2 N–H and O–H groups in total.